The van der Waals surface area contributed by atoms with Gasteiger partial charge in [0.15, 0.2) is 18.9 Å². The van der Waals surface area contributed by atoms with Gasteiger partial charge in [-0.2, -0.15) is 41.0 Å². The van der Waals surface area contributed by atoms with Crippen molar-refractivity contribution < 1.29 is 53.5 Å². The van der Waals surface area contributed by atoms with Crippen LogP contribution in [0.2, 0.25) is 0 Å². The molecule has 3 atom stereocenters. The second kappa shape index (κ2) is 9.21. The number of alkyl halides is 9. The van der Waals surface area contributed by atoms with E-state index < -0.39 is 64.5 Å². The molecule has 3 aliphatic heterocycles. The minimum absolute atomic E-state index is 0.0343. The van der Waals surface area contributed by atoms with Crippen LogP contribution in [0, 0.1) is 0 Å². The molecule has 3 fully saturated rings. The average Bonchev–Trinajstić information content (AvgIpc) is 3.35. The van der Waals surface area contributed by atoms with E-state index in [0.717, 1.165) is 0 Å². The predicted octanol–water partition coefficient (Wildman–Crippen LogP) is 3.85. The summed E-state index contributed by atoms with van der Waals surface area (Å²) in [6, 6.07) is 0. The van der Waals surface area contributed by atoms with Crippen molar-refractivity contribution in [2.24, 2.45) is 0 Å². The molecule has 0 radical (unpaired) electrons. The Balaban J connectivity index is 1.79. The van der Waals surface area contributed by atoms with Crippen LogP contribution in [0.15, 0.2) is 0 Å². The predicted molar refractivity (Wildman–Crippen MR) is 86.4 cm³/mol. The van der Waals surface area contributed by atoms with Gasteiger partial charge in [0.25, 0.3) is 0 Å². The number of halogens is 9. The van der Waals surface area contributed by atoms with E-state index in [1.165, 1.54) is 0 Å². The quantitative estimate of drug-likeness (QED) is 0.288. The molecular formula is C15H21BF9N3O3. The summed E-state index contributed by atoms with van der Waals surface area (Å²) < 4.78 is 139. The lowest BCUT2D eigenvalue weighted by atomic mass is 10.2. The van der Waals surface area contributed by atoms with E-state index in [-0.39, 0.29) is 53.2 Å². The van der Waals surface area contributed by atoms with E-state index in [1.807, 2.05) is 0 Å². The highest BCUT2D eigenvalue weighted by molar-refractivity contribution is 6.36. The molecule has 3 aliphatic rings. The molecule has 3 saturated heterocycles. The SMILES string of the molecule is FC1CCCN1C(F)(F)OB(OC(F)(F)N1CCCC1F)OC(F)(F)N1CCCC1F. The molecule has 0 aliphatic carbocycles. The molecule has 0 aromatic heterocycles. The number of nitrogens with zero attached hydrogens (tertiary/aromatic N) is 3. The maximum atomic E-state index is 14.3. The first-order valence-electron chi connectivity index (χ1n) is 9.73. The molecule has 3 unspecified atom stereocenters. The van der Waals surface area contributed by atoms with Crippen LogP contribution in [0.25, 0.3) is 0 Å². The average molecular weight is 473 g/mol. The fourth-order valence-electron chi connectivity index (χ4n) is 3.68. The highest BCUT2D eigenvalue weighted by Crippen LogP contribution is 2.38. The van der Waals surface area contributed by atoms with E-state index in [4.69, 9.17) is 0 Å². The van der Waals surface area contributed by atoms with Gasteiger partial charge < -0.3 is 14.0 Å². The Bertz CT molecular complexity index is 543. The van der Waals surface area contributed by atoms with E-state index in [2.05, 4.69) is 14.0 Å². The summed E-state index contributed by atoms with van der Waals surface area (Å²) >= 11 is 0. The third kappa shape index (κ3) is 5.58. The first kappa shape index (κ1) is 24.8. The molecule has 0 N–H and O–H groups in total. The van der Waals surface area contributed by atoms with Gasteiger partial charge in [-0.25, -0.2) is 13.2 Å². The Hall–Kier alpha value is -0.805. The maximum absolute atomic E-state index is 14.3. The molecule has 0 bridgehead atoms. The zero-order valence-electron chi connectivity index (χ0n) is 16.1. The lowest BCUT2D eigenvalue weighted by Crippen LogP contribution is -2.57. The first-order valence-corrected chi connectivity index (χ1v) is 9.73. The number of rotatable bonds is 9. The lowest BCUT2D eigenvalue weighted by molar-refractivity contribution is -0.368. The smallest absolute Gasteiger partial charge is 0.312 e. The minimum Gasteiger partial charge on any atom is -0.312 e. The van der Waals surface area contributed by atoms with Gasteiger partial charge in [-0.05, 0) is 38.5 Å². The van der Waals surface area contributed by atoms with Gasteiger partial charge in [-0.15, -0.1) is 0 Å². The summed E-state index contributed by atoms with van der Waals surface area (Å²) in [7, 11) is -3.49. The number of hydrogen-bond donors (Lipinski definition) is 0. The van der Waals surface area contributed by atoms with Crippen LogP contribution in [0.5, 0.6) is 0 Å². The molecule has 3 rings (SSSR count). The Morgan fingerprint density at radius 2 is 0.806 bits per heavy atom. The van der Waals surface area contributed by atoms with Crippen LogP contribution in [0.3, 0.4) is 0 Å². The normalized spacial score (nSPS) is 29.9. The highest BCUT2D eigenvalue weighted by Gasteiger charge is 2.59. The second-order valence-corrected chi connectivity index (χ2v) is 7.41. The molecule has 6 nitrogen and oxygen atoms in total. The standard InChI is InChI=1S/C15H21BF9N3O3/c17-10-4-1-7-26(10)13(20,21)29-16(30-14(22,23)27-8-2-5-11(27)18)31-15(24,25)28-9-3-6-12(28)19/h10-12H,1-9H2. The molecule has 16 heteroatoms. The molecule has 0 amide bonds. The van der Waals surface area contributed by atoms with Crippen molar-refractivity contribution in [1.82, 2.24) is 14.7 Å². The highest BCUT2D eigenvalue weighted by atomic mass is 19.3. The van der Waals surface area contributed by atoms with Gasteiger partial charge in [0.1, 0.15) is 0 Å². The van der Waals surface area contributed by atoms with E-state index >= 15 is 0 Å². The molecule has 31 heavy (non-hydrogen) atoms. The monoisotopic (exact) mass is 473 g/mol. The summed E-state index contributed by atoms with van der Waals surface area (Å²) in [5.74, 6) is 0. The van der Waals surface area contributed by atoms with Crippen molar-refractivity contribution in [1.29, 1.82) is 0 Å². The molecule has 0 aromatic rings. The molecule has 3 heterocycles. The van der Waals surface area contributed by atoms with Crippen molar-refractivity contribution in [2.75, 3.05) is 19.6 Å². The largest absolute Gasteiger partial charge is 0.655 e. The van der Waals surface area contributed by atoms with Crippen LogP contribution in [0.1, 0.15) is 38.5 Å². The molecule has 0 spiro atoms. The van der Waals surface area contributed by atoms with Gasteiger partial charge in [-0.1, -0.05) is 0 Å². The fourth-order valence-corrected chi connectivity index (χ4v) is 3.68. The van der Waals surface area contributed by atoms with Crippen LogP contribution >= 0.6 is 0 Å². The summed E-state index contributed by atoms with van der Waals surface area (Å²) in [5, 5.41) is 0. The molecule has 0 saturated carbocycles. The summed E-state index contributed by atoms with van der Waals surface area (Å²) in [6.07, 6.45) is -21.9. The van der Waals surface area contributed by atoms with Crippen molar-refractivity contribution in [3.8, 4) is 0 Å². The van der Waals surface area contributed by atoms with Gasteiger partial charge >= 0.3 is 26.0 Å². The van der Waals surface area contributed by atoms with Gasteiger partial charge in [-0.3, -0.25) is 0 Å². The third-order valence-corrected chi connectivity index (χ3v) is 5.26. The second-order valence-electron chi connectivity index (χ2n) is 7.41. The minimum atomic E-state index is -4.69. The van der Waals surface area contributed by atoms with Gasteiger partial charge in [0.2, 0.25) is 0 Å². The van der Waals surface area contributed by atoms with Crippen LogP contribution in [0.4, 0.5) is 39.5 Å². The van der Waals surface area contributed by atoms with Crippen molar-refractivity contribution in [3.05, 3.63) is 0 Å². The van der Waals surface area contributed by atoms with Gasteiger partial charge in [0.05, 0.1) is 0 Å². The zero-order valence-corrected chi connectivity index (χ0v) is 16.1. The van der Waals surface area contributed by atoms with Crippen molar-refractivity contribution in [3.63, 3.8) is 0 Å². The molecule has 0 aromatic carbocycles. The van der Waals surface area contributed by atoms with Crippen molar-refractivity contribution in [2.45, 2.75) is 76.1 Å². The Morgan fingerprint density at radius 1 is 0.548 bits per heavy atom. The topological polar surface area (TPSA) is 37.4 Å². The summed E-state index contributed by atoms with van der Waals surface area (Å²) in [5.41, 5.74) is 0. The van der Waals surface area contributed by atoms with Gasteiger partial charge in [0, 0.05) is 19.6 Å². The Labute approximate surface area is 172 Å². The zero-order chi connectivity index (χ0) is 23.0. The number of likely N-dealkylation sites (tertiary alicyclic amines) is 3. The fraction of sp³-hybridized carbons (Fsp3) is 1.00. The Kier molecular flexibility index (Phi) is 7.38. The molecule has 180 valence electrons. The molecular weight excluding hydrogens is 452 g/mol. The lowest BCUT2D eigenvalue weighted by Gasteiger charge is -2.35. The Morgan fingerprint density at radius 3 is 1.00 bits per heavy atom. The van der Waals surface area contributed by atoms with Crippen LogP contribution < -0.4 is 0 Å². The van der Waals surface area contributed by atoms with Crippen molar-refractivity contribution >= 4 is 7.32 Å². The van der Waals surface area contributed by atoms with Crippen LogP contribution in [-0.2, 0) is 14.0 Å². The van der Waals surface area contributed by atoms with E-state index in [1.54, 1.807) is 0 Å². The van der Waals surface area contributed by atoms with E-state index in [0.29, 0.717) is 0 Å². The van der Waals surface area contributed by atoms with E-state index in [9.17, 15) is 39.5 Å². The van der Waals surface area contributed by atoms with Crippen LogP contribution in [-0.4, -0.2) is 79.2 Å². The first-order chi connectivity index (χ1) is 14.3. The summed E-state index contributed by atoms with van der Waals surface area (Å²) in [6.45, 7) is -1.69. The number of hydrogen-bond acceptors (Lipinski definition) is 6. The maximum Gasteiger partial charge on any atom is 0.655 e. The summed E-state index contributed by atoms with van der Waals surface area (Å²) in [4.78, 5) is -0.570. The third-order valence-electron chi connectivity index (χ3n) is 5.26.